The summed E-state index contributed by atoms with van der Waals surface area (Å²) in [5.74, 6) is -0.0496. The zero-order valence-electron chi connectivity index (χ0n) is 10.5. The van der Waals surface area contributed by atoms with Gasteiger partial charge in [-0.05, 0) is 26.0 Å². The van der Waals surface area contributed by atoms with E-state index in [-0.39, 0.29) is 17.9 Å². The number of benzene rings is 1. The lowest BCUT2D eigenvalue weighted by atomic mass is 10.1. The molecule has 0 saturated carbocycles. The van der Waals surface area contributed by atoms with Gasteiger partial charge in [-0.15, -0.1) is 0 Å². The van der Waals surface area contributed by atoms with Gasteiger partial charge < -0.3 is 4.57 Å². The molecule has 0 fully saturated rings. The minimum absolute atomic E-state index is 0.0496. The fourth-order valence-corrected chi connectivity index (χ4v) is 1.85. The summed E-state index contributed by atoms with van der Waals surface area (Å²) in [6.07, 6.45) is 1.64. The number of Topliss-reactive ketones (excluding diaryl/α,β-unsaturated/α-hetero) is 1. The van der Waals surface area contributed by atoms with Crippen molar-refractivity contribution in [1.82, 2.24) is 4.57 Å². The maximum absolute atomic E-state index is 12.1. The third kappa shape index (κ3) is 2.56. The molecule has 1 aromatic heterocycles. The first-order valence-electron chi connectivity index (χ1n) is 5.84. The molecule has 0 radical (unpaired) electrons. The van der Waals surface area contributed by atoms with Crippen molar-refractivity contribution in [2.75, 3.05) is 0 Å². The zero-order valence-corrected chi connectivity index (χ0v) is 10.5. The lowest BCUT2D eigenvalue weighted by Gasteiger charge is -2.06. The van der Waals surface area contributed by atoms with E-state index in [0.717, 1.165) is 5.56 Å². The van der Waals surface area contributed by atoms with E-state index in [2.05, 4.69) is 0 Å². The van der Waals surface area contributed by atoms with Gasteiger partial charge in [-0.2, -0.15) is 0 Å². The number of carbonyl (C=O) groups excluding carboxylic acids is 1. The van der Waals surface area contributed by atoms with Gasteiger partial charge in [0.2, 0.25) is 0 Å². The molecule has 0 amide bonds. The average molecular weight is 241 g/mol. The molecular weight excluding hydrogens is 226 g/mol. The summed E-state index contributed by atoms with van der Waals surface area (Å²) in [6, 6.07) is 10.9. The molecular formula is C15H15NO2. The van der Waals surface area contributed by atoms with E-state index in [1.807, 2.05) is 25.1 Å². The molecule has 0 spiro atoms. The Morgan fingerprint density at radius 1 is 1.17 bits per heavy atom. The van der Waals surface area contributed by atoms with E-state index in [9.17, 15) is 9.59 Å². The second kappa shape index (κ2) is 5.00. The number of rotatable bonds is 3. The Morgan fingerprint density at radius 3 is 2.67 bits per heavy atom. The molecule has 3 heteroatoms. The first-order chi connectivity index (χ1) is 8.58. The van der Waals surface area contributed by atoms with Gasteiger partial charge in [0.25, 0.3) is 5.56 Å². The Labute approximate surface area is 106 Å². The fourth-order valence-electron chi connectivity index (χ4n) is 1.85. The van der Waals surface area contributed by atoms with E-state index in [1.54, 1.807) is 31.3 Å². The predicted molar refractivity (Wildman–Crippen MR) is 70.9 cm³/mol. The molecule has 3 nitrogen and oxygen atoms in total. The minimum atomic E-state index is -0.112. The molecule has 0 unspecified atom stereocenters. The quantitative estimate of drug-likeness (QED) is 0.774. The largest absolute Gasteiger partial charge is 0.308 e. The van der Waals surface area contributed by atoms with Crippen molar-refractivity contribution in [3.8, 4) is 0 Å². The molecule has 0 aliphatic rings. The van der Waals surface area contributed by atoms with Gasteiger partial charge in [-0.25, -0.2) is 0 Å². The Balaban J connectivity index is 2.27. The molecule has 1 aromatic carbocycles. The third-order valence-electron chi connectivity index (χ3n) is 2.86. The number of hydrogen-bond donors (Lipinski definition) is 0. The van der Waals surface area contributed by atoms with Crippen LogP contribution in [0.25, 0.3) is 0 Å². The topological polar surface area (TPSA) is 39.1 Å². The zero-order chi connectivity index (χ0) is 13.1. The molecule has 0 aliphatic heterocycles. The van der Waals surface area contributed by atoms with Crippen LogP contribution in [0.1, 0.15) is 21.5 Å². The molecule has 92 valence electrons. The highest BCUT2D eigenvalue weighted by Gasteiger charge is 2.08. The summed E-state index contributed by atoms with van der Waals surface area (Å²) >= 11 is 0. The lowest BCUT2D eigenvalue weighted by Crippen LogP contribution is -2.25. The number of ketones is 1. The average Bonchev–Trinajstić information content (AvgIpc) is 2.35. The van der Waals surface area contributed by atoms with Crippen LogP contribution in [0.5, 0.6) is 0 Å². The number of aromatic nitrogens is 1. The van der Waals surface area contributed by atoms with Gasteiger partial charge in [0.1, 0.15) is 0 Å². The highest BCUT2D eigenvalue weighted by atomic mass is 16.1. The van der Waals surface area contributed by atoms with Crippen molar-refractivity contribution in [3.63, 3.8) is 0 Å². The van der Waals surface area contributed by atoms with Crippen molar-refractivity contribution >= 4 is 5.78 Å². The smallest absolute Gasteiger partial charge is 0.253 e. The molecule has 0 saturated heterocycles. The first kappa shape index (κ1) is 12.3. The number of pyridine rings is 1. The van der Waals surface area contributed by atoms with Crippen molar-refractivity contribution in [1.29, 1.82) is 0 Å². The van der Waals surface area contributed by atoms with E-state index in [4.69, 9.17) is 0 Å². The van der Waals surface area contributed by atoms with E-state index in [0.29, 0.717) is 11.1 Å². The molecule has 0 bridgehead atoms. The first-order valence-corrected chi connectivity index (χ1v) is 5.84. The molecule has 2 aromatic rings. The lowest BCUT2D eigenvalue weighted by molar-refractivity contribution is 0.0970. The summed E-state index contributed by atoms with van der Waals surface area (Å²) in [6.45, 7) is 3.77. The number of nitrogens with zero attached hydrogens (tertiary/aromatic N) is 1. The normalized spacial score (nSPS) is 10.3. The van der Waals surface area contributed by atoms with Gasteiger partial charge in [0.05, 0.1) is 6.54 Å². The number of hydrogen-bond acceptors (Lipinski definition) is 2. The maximum Gasteiger partial charge on any atom is 0.253 e. The van der Waals surface area contributed by atoms with Crippen LogP contribution in [0.15, 0.2) is 47.4 Å². The second-order valence-corrected chi connectivity index (χ2v) is 4.42. The monoisotopic (exact) mass is 241 g/mol. The van der Waals surface area contributed by atoms with Crippen LogP contribution >= 0.6 is 0 Å². The standard InChI is InChI=1S/C15H15NO2/c1-11-5-3-7-13(9-11)14(17)10-16-8-4-6-12(2)15(16)18/h3-9H,10H2,1-2H3. The molecule has 2 rings (SSSR count). The van der Waals surface area contributed by atoms with Crippen LogP contribution in [-0.2, 0) is 6.54 Å². The number of carbonyl (C=O) groups is 1. The molecule has 1 heterocycles. The summed E-state index contributed by atoms with van der Waals surface area (Å²) in [4.78, 5) is 23.9. The summed E-state index contributed by atoms with van der Waals surface area (Å²) in [5, 5.41) is 0. The van der Waals surface area contributed by atoms with Crippen LogP contribution in [0.4, 0.5) is 0 Å². The predicted octanol–water partition coefficient (Wildman–Crippen LogP) is 2.35. The Hall–Kier alpha value is -2.16. The van der Waals surface area contributed by atoms with E-state index < -0.39 is 0 Å². The van der Waals surface area contributed by atoms with Crippen LogP contribution < -0.4 is 5.56 Å². The highest BCUT2D eigenvalue weighted by Crippen LogP contribution is 2.05. The van der Waals surface area contributed by atoms with Crippen LogP contribution in [0.3, 0.4) is 0 Å². The molecule has 18 heavy (non-hydrogen) atoms. The third-order valence-corrected chi connectivity index (χ3v) is 2.86. The van der Waals surface area contributed by atoms with Crippen LogP contribution in [0, 0.1) is 13.8 Å². The highest BCUT2D eigenvalue weighted by molar-refractivity contribution is 5.96. The summed E-state index contributed by atoms with van der Waals surface area (Å²) in [7, 11) is 0. The Bertz CT molecular complexity index is 641. The summed E-state index contributed by atoms with van der Waals surface area (Å²) in [5.41, 5.74) is 2.22. The van der Waals surface area contributed by atoms with Crippen LogP contribution in [0.2, 0.25) is 0 Å². The van der Waals surface area contributed by atoms with E-state index in [1.165, 1.54) is 4.57 Å². The van der Waals surface area contributed by atoms with Gasteiger partial charge in [-0.3, -0.25) is 9.59 Å². The van der Waals surface area contributed by atoms with Gasteiger partial charge in [0.15, 0.2) is 5.78 Å². The second-order valence-electron chi connectivity index (χ2n) is 4.42. The van der Waals surface area contributed by atoms with E-state index >= 15 is 0 Å². The summed E-state index contributed by atoms with van der Waals surface area (Å²) < 4.78 is 1.44. The molecule has 0 N–H and O–H groups in total. The van der Waals surface area contributed by atoms with Crippen LogP contribution in [-0.4, -0.2) is 10.4 Å². The van der Waals surface area contributed by atoms with Crippen molar-refractivity contribution < 1.29 is 4.79 Å². The van der Waals surface area contributed by atoms with Crippen molar-refractivity contribution in [2.45, 2.75) is 20.4 Å². The SMILES string of the molecule is Cc1cccc(C(=O)Cn2cccc(C)c2=O)c1. The Kier molecular flexibility index (Phi) is 3.42. The number of aryl methyl sites for hydroxylation is 2. The van der Waals surface area contributed by atoms with Crippen molar-refractivity contribution in [3.05, 3.63) is 69.6 Å². The Morgan fingerprint density at radius 2 is 1.94 bits per heavy atom. The van der Waals surface area contributed by atoms with Gasteiger partial charge >= 0.3 is 0 Å². The van der Waals surface area contributed by atoms with Gasteiger partial charge in [-0.1, -0.05) is 29.8 Å². The maximum atomic E-state index is 12.1. The fraction of sp³-hybridized carbons (Fsp3) is 0.200. The van der Waals surface area contributed by atoms with Gasteiger partial charge in [0, 0.05) is 17.3 Å². The van der Waals surface area contributed by atoms with Crippen molar-refractivity contribution in [2.24, 2.45) is 0 Å². The molecule has 0 atom stereocenters. The molecule has 0 aliphatic carbocycles. The minimum Gasteiger partial charge on any atom is -0.308 e.